The van der Waals surface area contributed by atoms with Crippen molar-refractivity contribution in [2.45, 2.75) is 55.1 Å². The predicted octanol–water partition coefficient (Wildman–Crippen LogP) is 5.85. The fourth-order valence-corrected chi connectivity index (χ4v) is 7.75. The second kappa shape index (κ2) is 12.4. The molecule has 2 saturated heterocycles. The third-order valence-electron chi connectivity index (χ3n) is 8.07. The van der Waals surface area contributed by atoms with Crippen LogP contribution in [0.3, 0.4) is 0 Å². The summed E-state index contributed by atoms with van der Waals surface area (Å²) >= 11 is 0. The maximum atomic E-state index is 14.2. The van der Waals surface area contributed by atoms with Crippen LogP contribution in [0.2, 0.25) is 0 Å². The highest BCUT2D eigenvalue weighted by molar-refractivity contribution is 7.89. The van der Waals surface area contributed by atoms with Crippen molar-refractivity contribution in [3.05, 3.63) is 96.3 Å². The summed E-state index contributed by atoms with van der Waals surface area (Å²) in [6.07, 6.45) is 3.06. The maximum absolute atomic E-state index is 14.2. The molecule has 0 unspecified atom stereocenters. The van der Waals surface area contributed by atoms with Crippen LogP contribution in [-0.2, 0) is 14.8 Å². The molecule has 0 radical (unpaired) electrons. The van der Waals surface area contributed by atoms with E-state index in [0.29, 0.717) is 37.5 Å². The molecule has 0 saturated carbocycles. The number of hydrogen-bond donors (Lipinski definition) is 0. The molecule has 7 nitrogen and oxygen atoms in total. The maximum Gasteiger partial charge on any atom is 0.409 e. The number of likely N-dealkylation sites (tertiary alicyclic amines) is 1. The van der Waals surface area contributed by atoms with Gasteiger partial charge in [-0.3, -0.25) is 0 Å². The molecule has 40 heavy (non-hydrogen) atoms. The second-order valence-electron chi connectivity index (χ2n) is 10.5. The van der Waals surface area contributed by atoms with Crippen molar-refractivity contribution in [3.8, 4) is 0 Å². The summed E-state index contributed by atoms with van der Waals surface area (Å²) < 4.78 is 49.2. The molecule has 212 valence electrons. The minimum atomic E-state index is -3.94. The number of hydrogen-bond acceptors (Lipinski definition) is 5. The lowest BCUT2D eigenvalue weighted by Gasteiger charge is -2.41. The van der Waals surface area contributed by atoms with Crippen LogP contribution in [-0.4, -0.2) is 62.5 Å². The molecule has 2 fully saturated rings. The van der Waals surface area contributed by atoms with Gasteiger partial charge < -0.3 is 14.5 Å². The molecule has 5 rings (SSSR count). The fraction of sp³-hybridized carbons (Fsp3) is 0.387. The molecule has 2 aliphatic rings. The molecule has 2 heterocycles. The van der Waals surface area contributed by atoms with Gasteiger partial charge in [-0.1, -0.05) is 48.5 Å². The predicted molar refractivity (Wildman–Crippen MR) is 153 cm³/mol. The number of halogens is 1. The number of carbonyl (C=O) groups is 1. The summed E-state index contributed by atoms with van der Waals surface area (Å²) in [6.45, 7) is 1.09. The first-order valence-electron chi connectivity index (χ1n) is 13.9. The van der Waals surface area contributed by atoms with E-state index in [9.17, 15) is 17.6 Å². The molecule has 3 aromatic rings. The lowest BCUT2D eigenvalue weighted by Crippen LogP contribution is -2.49. The number of nitrogens with zero attached hydrogens (tertiary/aromatic N) is 3. The van der Waals surface area contributed by atoms with E-state index in [-0.39, 0.29) is 11.5 Å². The molecular formula is C31H36FN3O4S. The van der Waals surface area contributed by atoms with Crippen LogP contribution < -0.4 is 4.90 Å². The first kappa shape index (κ1) is 28.1. The lowest BCUT2D eigenvalue weighted by atomic mass is 9.93. The Balaban J connectivity index is 1.28. The molecule has 0 N–H and O–H groups in total. The van der Waals surface area contributed by atoms with Gasteiger partial charge in [0, 0.05) is 31.9 Å². The van der Waals surface area contributed by atoms with Crippen LogP contribution in [0.5, 0.6) is 0 Å². The minimum Gasteiger partial charge on any atom is -0.448 e. The minimum absolute atomic E-state index is 0.0550. The summed E-state index contributed by atoms with van der Waals surface area (Å²) in [6, 6.07) is 23.8. The van der Waals surface area contributed by atoms with Crippen LogP contribution in [0.4, 0.5) is 14.9 Å². The molecule has 2 aliphatic heterocycles. The zero-order valence-electron chi connectivity index (χ0n) is 22.7. The highest BCUT2D eigenvalue weighted by atomic mass is 32.2. The molecule has 3 aromatic carbocycles. The number of piperidine rings is 2. The van der Waals surface area contributed by atoms with E-state index in [0.717, 1.165) is 24.9 Å². The third kappa shape index (κ3) is 6.15. The molecule has 2 atom stereocenters. The number of carbonyl (C=O) groups excluding carboxylic acids is 1. The topological polar surface area (TPSA) is 70.2 Å². The lowest BCUT2D eigenvalue weighted by molar-refractivity contribution is 0.0569. The van der Waals surface area contributed by atoms with Crippen molar-refractivity contribution in [1.29, 1.82) is 0 Å². The Morgan fingerprint density at radius 2 is 1.60 bits per heavy atom. The summed E-state index contributed by atoms with van der Waals surface area (Å²) in [5.41, 5.74) is 1.74. The van der Waals surface area contributed by atoms with Crippen molar-refractivity contribution in [3.63, 3.8) is 0 Å². The van der Waals surface area contributed by atoms with Crippen LogP contribution in [0, 0.1) is 5.82 Å². The van der Waals surface area contributed by atoms with Gasteiger partial charge >= 0.3 is 6.09 Å². The summed E-state index contributed by atoms with van der Waals surface area (Å²) in [5, 5.41) is 0. The molecule has 0 aliphatic carbocycles. The van der Waals surface area contributed by atoms with E-state index < -0.39 is 34.0 Å². The van der Waals surface area contributed by atoms with Gasteiger partial charge in [-0.25, -0.2) is 17.6 Å². The van der Waals surface area contributed by atoms with E-state index >= 15 is 0 Å². The monoisotopic (exact) mass is 565 g/mol. The average molecular weight is 566 g/mol. The Hall–Kier alpha value is -3.43. The fourth-order valence-electron chi connectivity index (χ4n) is 5.89. The summed E-state index contributed by atoms with van der Waals surface area (Å²) in [7, 11) is -1.86. The van der Waals surface area contributed by atoms with Crippen molar-refractivity contribution in [1.82, 2.24) is 9.21 Å². The smallest absolute Gasteiger partial charge is 0.409 e. The quantitative estimate of drug-likeness (QED) is 0.360. The van der Waals surface area contributed by atoms with Gasteiger partial charge in [0.25, 0.3) is 0 Å². The number of benzene rings is 3. The summed E-state index contributed by atoms with van der Waals surface area (Å²) in [5.74, 6) is -0.413. The van der Waals surface area contributed by atoms with Gasteiger partial charge in [0.1, 0.15) is 12.4 Å². The van der Waals surface area contributed by atoms with Gasteiger partial charge in [-0.05, 0) is 74.1 Å². The number of anilines is 1. The SMILES string of the molecule is CN(c1ccccc1)C1CCN(C(=O)OC[C@H]2CCC[C@@H](c3cccc(F)c3)N2S(=O)(=O)c2ccccc2)CC1. The van der Waals surface area contributed by atoms with Crippen molar-refractivity contribution in [2.24, 2.45) is 0 Å². The first-order valence-corrected chi connectivity index (χ1v) is 15.3. The van der Waals surface area contributed by atoms with Gasteiger partial charge in [0.2, 0.25) is 10.0 Å². The van der Waals surface area contributed by atoms with Crippen molar-refractivity contribution in [2.75, 3.05) is 31.6 Å². The Morgan fingerprint density at radius 3 is 2.27 bits per heavy atom. The number of amides is 1. The van der Waals surface area contributed by atoms with Crippen LogP contribution in [0.25, 0.3) is 0 Å². The largest absolute Gasteiger partial charge is 0.448 e. The zero-order chi connectivity index (χ0) is 28.1. The zero-order valence-corrected chi connectivity index (χ0v) is 23.5. The van der Waals surface area contributed by atoms with Gasteiger partial charge in [0.05, 0.1) is 17.0 Å². The average Bonchev–Trinajstić information content (AvgIpc) is 3.00. The van der Waals surface area contributed by atoms with Crippen LogP contribution >= 0.6 is 0 Å². The number of para-hydroxylation sites is 1. The van der Waals surface area contributed by atoms with Crippen LogP contribution in [0.1, 0.15) is 43.7 Å². The highest BCUT2D eigenvalue weighted by Gasteiger charge is 2.41. The van der Waals surface area contributed by atoms with Crippen LogP contribution in [0.15, 0.2) is 89.8 Å². The van der Waals surface area contributed by atoms with E-state index in [1.54, 1.807) is 47.4 Å². The second-order valence-corrected chi connectivity index (χ2v) is 12.4. The Kier molecular flexibility index (Phi) is 8.71. The van der Waals surface area contributed by atoms with Gasteiger partial charge in [0.15, 0.2) is 0 Å². The number of ether oxygens (including phenoxy) is 1. The molecule has 0 aromatic heterocycles. The summed E-state index contributed by atoms with van der Waals surface area (Å²) in [4.78, 5) is 17.2. The van der Waals surface area contributed by atoms with Crippen molar-refractivity contribution < 1.29 is 22.3 Å². The normalized spacial score (nSPS) is 20.7. The molecule has 1 amide bonds. The first-order chi connectivity index (χ1) is 19.3. The molecule has 0 bridgehead atoms. The molecular weight excluding hydrogens is 529 g/mol. The third-order valence-corrected chi connectivity index (χ3v) is 10.0. The molecule has 9 heteroatoms. The highest BCUT2D eigenvalue weighted by Crippen LogP contribution is 2.39. The van der Waals surface area contributed by atoms with Gasteiger partial charge in [-0.15, -0.1) is 0 Å². The van der Waals surface area contributed by atoms with Crippen molar-refractivity contribution >= 4 is 21.8 Å². The van der Waals surface area contributed by atoms with E-state index in [2.05, 4.69) is 24.1 Å². The molecule has 0 spiro atoms. The van der Waals surface area contributed by atoms with E-state index in [4.69, 9.17) is 4.74 Å². The van der Waals surface area contributed by atoms with Gasteiger partial charge in [-0.2, -0.15) is 4.31 Å². The number of rotatable bonds is 7. The Bertz CT molecular complexity index is 1380. The Morgan fingerprint density at radius 1 is 0.925 bits per heavy atom. The Labute approximate surface area is 236 Å². The van der Waals surface area contributed by atoms with E-state index in [1.807, 2.05) is 18.2 Å². The number of sulfonamides is 1. The van der Waals surface area contributed by atoms with E-state index in [1.165, 1.54) is 16.4 Å². The standard InChI is InChI=1S/C31H36FN3O4S/c1-33(26-12-4-2-5-13-26)27-18-20-34(21-19-27)31(36)39-23-28-14-9-17-30(24-10-8-11-25(32)22-24)35(28)40(37,38)29-15-6-3-7-16-29/h2-8,10-13,15-16,22,27-28,30H,9,14,17-21,23H2,1H3/t28-,30+/m1/s1.